The van der Waals surface area contributed by atoms with Gasteiger partial charge in [-0.15, -0.1) is 6.58 Å². The van der Waals surface area contributed by atoms with Gasteiger partial charge in [-0.3, -0.25) is 4.90 Å². The summed E-state index contributed by atoms with van der Waals surface area (Å²) in [5.74, 6) is 0.541. The van der Waals surface area contributed by atoms with Crippen molar-refractivity contribution in [3.05, 3.63) is 59.8 Å². The van der Waals surface area contributed by atoms with Gasteiger partial charge in [-0.25, -0.2) is 0 Å². The molecule has 0 unspecified atom stereocenters. The van der Waals surface area contributed by atoms with Gasteiger partial charge < -0.3 is 4.57 Å². The zero-order valence-corrected chi connectivity index (χ0v) is 12.8. The van der Waals surface area contributed by atoms with E-state index in [0.717, 1.165) is 19.5 Å². The number of allylic oxidation sites excluding steroid dienone is 1. The molecule has 2 aromatic rings. The van der Waals surface area contributed by atoms with Crippen LogP contribution in [0.15, 0.2) is 48.7 Å². The van der Waals surface area contributed by atoms with Crippen molar-refractivity contribution in [3.8, 4) is 0 Å². The Morgan fingerprint density at radius 3 is 3.05 bits per heavy atom. The normalized spacial score (nSPS) is 24.8. The maximum absolute atomic E-state index is 3.89. The number of rotatable bonds is 2. The number of hydrogen-bond acceptors (Lipinski definition) is 1. The third kappa shape index (κ3) is 1.82. The second kappa shape index (κ2) is 4.60. The minimum absolute atomic E-state index is 0.541. The van der Waals surface area contributed by atoms with E-state index >= 15 is 0 Å². The van der Waals surface area contributed by atoms with Crippen LogP contribution in [0.2, 0.25) is 0 Å². The molecular formula is C19H22N2. The van der Waals surface area contributed by atoms with E-state index in [-0.39, 0.29) is 0 Å². The molecule has 0 saturated heterocycles. The molecule has 0 N–H and O–H groups in total. The molecule has 2 heterocycles. The van der Waals surface area contributed by atoms with Gasteiger partial charge in [-0.05, 0) is 37.6 Å². The molecule has 1 aliphatic carbocycles. The molecule has 2 aliphatic rings. The molecular weight excluding hydrogens is 256 g/mol. The summed E-state index contributed by atoms with van der Waals surface area (Å²) < 4.78 is 2.34. The highest BCUT2D eigenvalue weighted by molar-refractivity contribution is 5.89. The molecule has 4 rings (SSSR count). The van der Waals surface area contributed by atoms with Crippen LogP contribution in [0.25, 0.3) is 10.9 Å². The predicted octanol–water partition coefficient (Wildman–Crippen LogP) is 3.73. The van der Waals surface area contributed by atoms with E-state index in [0.29, 0.717) is 12.0 Å². The zero-order valence-electron chi connectivity index (χ0n) is 12.8. The van der Waals surface area contributed by atoms with E-state index in [1.165, 1.54) is 27.6 Å². The van der Waals surface area contributed by atoms with Gasteiger partial charge >= 0.3 is 0 Å². The summed E-state index contributed by atoms with van der Waals surface area (Å²) in [6, 6.07) is 7.38. The van der Waals surface area contributed by atoms with Gasteiger partial charge in [0.25, 0.3) is 0 Å². The summed E-state index contributed by atoms with van der Waals surface area (Å²) in [6.45, 7) is 8.13. The van der Waals surface area contributed by atoms with Crippen LogP contribution in [0.3, 0.4) is 0 Å². The van der Waals surface area contributed by atoms with Gasteiger partial charge in [0, 0.05) is 42.1 Å². The first-order chi connectivity index (χ1) is 10.2. The molecule has 2 heteroatoms. The Morgan fingerprint density at radius 2 is 2.24 bits per heavy atom. The van der Waals surface area contributed by atoms with Gasteiger partial charge in [-0.1, -0.05) is 29.9 Å². The largest absolute Gasteiger partial charge is 0.343 e. The molecule has 108 valence electrons. The van der Waals surface area contributed by atoms with Gasteiger partial charge in [0.2, 0.25) is 0 Å². The number of likely N-dealkylation sites (N-methyl/N-ethyl adjacent to an activating group) is 1. The summed E-state index contributed by atoms with van der Waals surface area (Å²) in [4.78, 5) is 2.52. The van der Waals surface area contributed by atoms with Gasteiger partial charge in [-0.2, -0.15) is 0 Å². The molecule has 0 bridgehead atoms. The molecule has 0 amide bonds. The van der Waals surface area contributed by atoms with Crippen molar-refractivity contribution in [1.82, 2.24) is 9.47 Å². The van der Waals surface area contributed by atoms with E-state index in [4.69, 9.17) is 0 Å². The van der Waals surface area contributed by atoms with E-state index in [1.807, 2.05) is 6.08 Å². The molecule has 2 atom stereocenters. The molecule has 1 aromatic carbocycles. The van der Waals surface area contributed by atoms with E-state index in [9.17, 15) is 0 Å². The molecule has 2 nitrogen and oxygen atoms in total. The van der Waals surface area contributed by atoms with Crippen LogP contribution in [0.5, 0.6) is 0 Å². The van der Waals surface area contributed by atoms with Crippen LogP contribution in [0.1, 0.15) is 24.0 Å². The third-order valence-corrected chi connectivity index (χ3v) is 5.07. The maximum Gasteiger partial charge on any atom is 0.0489 e. The number of fused-ring (bicyclic) bond motifs is 2. The van der Waals surface area contributed by atoms with Crippen LogP contribution < -0.4 is 0 Å². The fraction of sp³-hybridized carbons (Fsp3) is 0.368. The quantitative estimate of drug-likeness (QED) is 0.760. The lowest BCUT2D eigenvalue weighted by Gasteiger charge is -2.40. The van der Waals surface area contributed by atoms with Crippen molar-refractivity contribution < 1.29 is 0 Å². The highest BCUT2D eigenvalue weighted by atomic mass is 15.1. The van der Waals surface area contributed by atoms with Crippen molar-refractivity contribution in [2.24, 2.45) is 0 Å². The molecule has 21 heavy (non-hydrogen) atoms. The maximum atomic E-state index is 3.89. The number of nitrogens with zero attached hydrogens (tertiary/aromatic N) is 2. The van der Waals surface area contributed by atoms with Crippen molar-refractivity contribution in [3.63, 3.8) is 0 Å². The van der Waals surface area contributed by atoms with Gasteiger partial charge in [0.05, 0.1) is 0 Å². The Hall–Kier alpha value is -1.80. The average molecular weight is 278 g/mol. The van der Waals surface area contributed by atoms with Gasteiger partial charge in [0.15, 0.2) is 0 Å². The van der Waals surface area contributed by atoms with Crippen LogP contribution in [-0.4, -0.2) is 29.1 Å². The predicted molar refractivity (Wildman–Crippen MR) is 88.8 cm³/mol. The SMILES string of the molecule is C=CCn1cc2c3c(cccc31)[C@H]1C=C(C)CN(C)[C@@H]1C2. The lowest BCUT2D eigenvalue weighted by molar-refractivity contribution is 0.224. The number of aromatic nitrogens is 1. The lowest BCUT2D eigenvalue weighted by atomic mass is 9.77. The highest BCUT2D eigenvalue weighted by Gasteiger charge is 2.35. The first kappa shape index (κ1) is 12.9. The Kier molecular flexibility index (Phi) is 2.83. The fourth-order valence-corrected chi connectivity index (χ4v) is 4.25. The van der Waals surface area contributed by atoms with Crippen LogP contribution in [0, 0.1) is 0 Å². The average Bonchev–Trinajstić information content (AvgIpc) is 2.81. The summed E-state index contributed by atoms with van der Waals surface area (Å²) >= 11 is 0. The first-order valence-electron chi connectivity index (χ1n) is 7.78. The first-order valence-corrected chi connectivity index (χ1v) is 7.78. The Labute approximate surface area is 126 Å². The minimum Gasteiger partial charge on any atom is -0.343 e. The second-order valence-electron chi connectivity index (χ2n) is 6.56. The van der Waals surface area contributed by atoms with E-state index in [1.54, 1.807) is 0 Å². The summed E-state index contributed by atoms with van der Waals surface area (Å²) in [6.07, 6.45) is 7.97. The smallest absolute Gasteiger partial charge is 0.0489 e. The van der Waals surface area contributed by atoms with E-state index in [2.05, 4.69) is 60.5 Å². The topological polar surface area (TPSA) is 8.17 Å². The van der Waals surface area contributed by atoms with Crippen molar-refractivity contribution in [2.45, 2.75) is 31.8 Å². The van der Waals surface area contributed by atoms with Crippen LogP contribution in [-0.2, 0) is 13.0 Å². The zero-order chi connectivity index (χ0) is 14.6. The monoisotopic (exact) mass is 278 g/mol. The molecule has 0 spiro atoms. The fourth-order valence-electron chi connectivity index (χ4n) is 4.25. The molecule has 1 aromatic heterocycles. The second-order valence-corrected chi connectivity index (χ2v) is 6.56. The van der Waals surface area contributed by atoms with Crippen LogP contribution in [0.4, 0.5) is 0 Å². The molecule has 0 radical (unpaired) electrons. The molecule has 0 saturated carbocycles. The number of benzene rings is 1. The standard InChI is InChI=1S/C19H22N2/c1-4-8-21-12-14-10-18-16(9-13(2)11-20(18)3)15-6-5-7-17(21)19(14)15/h4-7,9,12,16,18H,1,8,10-11H2,2-3H3/t16-,18-/m1/s1. The lowest BCUT2D eigenvalue weighted by Crippen LogP contribution is -2.43. The van der Waals surface area contributed by atoms with Crippen molar-refractivity contribution >= 4 is 10.9 Å². The summed E-state index contributed by atoms with van der Waals surface area (Å²) in [5, 5.41) is 1.49. The number of hydrogen-bond donors (Lipinski definition) is 0. The summed E-state index contributed by atoms with van der Waals surface area (Å²) in [7, 11) is 2.26. The third-order valence-electron chi connectivity index (χ3n) is 5.07. The Bertz CT molecular complexity index is 750. The van der Waals surface area contributed by atoms with Crippen molar-refractivity contribution in [2.75, 3.05) is 13.6 Å². The molecule has 0 fully saturated rings. The van der Waals surface area contributed by atoms with Crippen molar-refractivity contribution in [1.29, 1.82) is 0 Å². The van der Waals surface area contributed by atoms with E-state index < -0.39 is 0 Å². The highest BCUT2D eigenvalue weighted by Crippen LogP contribution is 2.42. The Balaban J connectivity index is 1.96. The summed E-state index contributed by atoms with van der Waals surface area (Å²) in [5.41, 5.74) is 5.86. The minimum atomic E-state index is 0.541. The van der Waals surface area contributed by atoms with Gasteiger partial charge in [0.1, 0.15) is 0 Å². The van der Waals surface area contributed by atoms with Crippen LogP contribution >= 0.6 is 0 Å². The Morgan fingerprint density at radius 1 is 1.38 bits per heavy atom. The molecule has 1 aliphatic heterocycles.